The zero-order chi connectivity index (χ0) is 26.4. The molecule has 3 aromatic heterocycles. The van der Waals surface area contributed by atoms with Gasteiger partial charge in [-0.3, -0.25) is 4.57 Å². The summed E-state index contributed by atoms with van der Waals surface area (Å²) in [5.74, 6) is 0.984. The summed E-state index contributed by atoms with van der Waals surface area (Å²) in [4.78, 5) is 4.74. The summed E-state index contributed by atoms with van der Waals surface area (Å²) in [5, 5.41) is 6.74. The average molecular weight is 515 g/mol. The zero-order valence-electron chi connectivity index (χ0n) is 21.7. The molecule has 0 unspecified atom stereocenters. The Kier molecular flexibility index (Phi) is 4.23. The molecule has 0 amide bonds. The normalized spacial score (nSPS) is 12.1. The third-order valence-corrected chi connectivity index (χ3v) is 8.13. The lowest BCUT2D eigenvalue weighted by atomic mass is 9.99. The van der Waals surface area contributed by atoms with E-state index in [1.54, 1.807) is 0 Å². The zero-order valence-corrected chi connectivity index (χ0v) is 21.7. The highest BCUT2D eigenvalue weighted by atomic mass is 16.4. The van der Waals surface area contributed by atoms with Crippen LogP contribution in [0.3, 0.4) is 0 Å². The fourth-order valence-corrected chi connectivity index (χ4v) is 6.22. The molecule has 0 aliphatic rings. The summed E-state index contributed by atoms with van der Waals surface area (Å²) in [5.41, 5.74) is 8.92. The molecule has 4 nitrogen and oxygen atoms in total. The monoisotopic (exact) mass is 514 g/mol. The van der Waals surface area contributed by atoms with Gasteiger partial charge in [0.25, 0.3) is 0 Å². The number of benzene rings is 6. The molecule has 0 saturated heterocycles. The van der Waals surface area contributed by atoms with Crippen LogP contribution in [-0.4, -0.2) is 9.55 Å². The van der Waals surface area contributed by atoms with Gasteiger partial charge in [-0.15, -0.1) is 0 Å². The number of aryl methyl sites for hydroxylation is 1. The molecule has 0 fully saturated rings. The summed E-state index contributed by atoms with van der Waals surface area (Å²) in [6, 6.07) is 40.4. The number of rotatable bonds is 2. The van der Waals surface area contributed by atoms with Crippen molar-refractivity contribution in [2.45, 2.75) is 6.92 Å². The molecule has 0 saturated carbocycles. The van der Waals surface area contributed by atoms with Crippen molar-refractivity contribution in [1.82, 2.24) is 9.55 Å². The van der Waals surface area contributed by atoms with Crippen LogP contribution >= 0.6 is 0 Å². The predicted octanol–water partition coefficient (Wildman–Crippen LogP) is 9.95. The van der Waals surface area contributed by atoms with Crippen LogP contribution in [0.15, 0.2) is 124 Å². The van der Waals surface area contributed by atoms with Crippen molar-refractivity contribution in [2.24, 2.45) is 0 Å². The molecular weight excluding hydrogens is 492 g/mol. The van der Waals surface area contributed by atoms with Crippen molar-refractivity contribution in [2.75, 3.05) is 0 Å². The van der Waals surface area contributed by atoms with Gasteiger partial charge in [0.2, 0.25) is 0 Å². The molecule has 40 heavy (non-hydrogen) atoms. The SMILES string of the molecule is Cc1nc2ccccc2n1-c1ccc2cc(-c3ccc4oc5c(ccc6c7ccccc7oc65)c4c3)ccc2c1. The van der Waals surface area contributed by atoms with Crippen molar-refractivity contribution in [3.8, 4) is 16.8 Å². The molecule has 0 aliphatic heterocycles. The molecule has 0 atom stereocenters. The second kappa shape index (κ2) is 7.84. The maximum Gasteiger partial charge on any atom is 0.178 e. The van der Waals surface area contributed by atoms with Crippen LogP contribution in [0.2, 0.25) is 0 Å². The number of imidazole rings is 1. The molecular formula is C36H22N2O2. The molecule has 0 radical (unpaired) electrons. The van der Waals surface area contributed by atoms with Crippen molar-refractivity contribution in [3.63, 3.8) is 0 Å². The molecule has 0 spiro atoms. The van der Waals surface area contributed by atoms with Gasteiger partial charge in [0.05, 0.1) is 11.0 Å². The summed E-state index contributed by atoms with van der Waals surface area (Å²) >= 11 is 0. The Morgan fingerprint density at radius 1 is 0.550 bits per heavy atom. The molecule has 9 rings (SSSR count). The topological polar surface area (TPSA) is 44.1 Å². The van der Waals surface area contributed by atoms with E-state index in [2.05, 4.69) is 102 Å². The van der Waals surface area contributed by atoms with E-state index in [9.17, 15) is 0 Å². The van der Waals surface area contributed by atoms with Gasteiger partial charge in [-0.2, -0.15) is 0 Å². The van der Waals surface area contributed by atoms with E-state index >= 15 is 0 Å². The summed E-state index contributed by atoms with van der Waals surface area (Å²) in [7, 11) is 0. The standard InChI is InChI=1S/C36H22N2O2/c1-21-37-31-7-3-4-8-32(31)38(21)26-14-12-23-18-22(10-11-24(23)19-26)25-13-17-34-30(20-25)29-16-15-28-27-6-2-5-9-33(27)39-35(28)36(29)40-34/h2-20H,1H3. The minimum absolute atomic E-state index is 0.800. The third kappa shape index (κ3) is 2.99. The highest BCUT2D eigenvalue weighted by molar-refractivity contribution is 6.19. The Balaban J connectivity index is 1.16. The third-order valence-electron chi connectivity index (χ3n) is 8.13. The summed E-state index contributed by atoms with van der Waals surface area (Å²) in [6.07, 6.45) is 0. The highest BCUT2D eigenvalue weighted by Gasteiger charge is 2.16. The van der Waals surface area contributed by atoms with Gasteiger partial charge in [0.1, 0.15) is 17.0 Å². The summed E-state index contributed by atoms with van der Waals surface area (Å²) < 4.78 is 14.8. The number of furan rings is 2. The first kappa shape index (κ1) is 21.6. The van der Waals surface area contributed by atoms with E-state index in [4.69, 9.17) is 13.8 Å². The molecule has 0 N–H and O–H groups in total. The van der Waals surface area contributed by atoms with Gasteiger partial charge in [0, 0.05) is 27.2 Å². The van der Waals surface area contributed by atoms with Crippen LogP contribution in [0, 0.1) is 6.92 Å². The van der Waals surface area contributed by atoms with Gasteiger partial charge in [-0.1, -0.05) is 54.6 Å². The fraction of sp³-hybridized carbons (Fsp3) is 0.0278. The van der Waals surface area contributed by atoms with E-state index in [1.165, 1.54) is 16.3 Å². The van der Waals surface area contributed by atoms with Crippen molar-refractivity contribution < 1.29 is 8.83 Å². The van der Waals surface area contributed by atoms with Crippen LogP contribution in [0.25, 0.3) is 82.5 Å². The van der Waals surface area contributed by atoms with Crippen LogP contribution in [0.4, 0.5) is 0 Å². The van der Waals surface area contributed by atoms with Gasteiger partial charge < -0.3 is 8.83 Å². The molecule has 188 valence electrons. The van der Waals surface area contributed by atoms with Crippen LogP contribution in [0.1, 0.15) is 5.82 Å². The van der Waals surface area contributed by atoms with E-state index in [1.807, 2.05) is 24.3 Å². The number of hydrogen-bond donors (Lipinski definition) is 0. The molecule has 0 aliphatic carbocycles. The van der Waals surface area contributed by atoms with Crippen molar-refractivity contribution >= 4 is 65.7 Å². The minimum atomic E-state index is 0.800. The maximum absolute atomic E-state index is 6.34. The lowest BCUT2D eigenvalue weighted by Crippen LogP contribution is -1.96. The summed E-state index contributed by atoms with van der Waals surface area (Å²) in [6.45, 7) is 2.06. The highest BCUT2D eigenvalue weighted by Crippen LogP contribution is 2.40. The predicted molar refractivity (Wildman–Crippen MR) is 163 cm³/mol. The number of fused-ring (bicyclic) bond motifs is 9. The number of nitrogens with zero attached hydrogens (tertiary/aromatic N) is 2. The van der Waals surface area contributed by atoms with Crippen LogP contribution < -0.4 is 0 Å². The fourth-order valence-electron chi connectivity index (χ4n) is 6.22. The van der Waals surface area contributed by atoms with E-state index in [0.717, 1.165) is 72.0 Å². The molecule has 4 heteroatoms. The molecule has 3 heterocycles. The van der Waals surface area contributed by atoms with Crippen LogP contribution in [0.5, 0.6) is 0 Å². The largest absolute Gasteiger partial charge is 0.452 e. The van der Waals surface area contributed by atoms with Gasteiger partial charge in [0.15, 0.2) is 11.2 Å². The number of hydrogen-bond acceptors (Lipinski definition) is 3. The number of para-hydroxylation sites is 3. The first-order chi connectivity index (χ1) is 19.7. The van der Waals surface area contributed by atoms with Gasteiger partial charge >= 0.3 is 0 Å². The Bertz CT molecular complexity index is 2460. The second-order valence-corrected chi connectivity index (χ2v) is 10.5. The van der Waals surface area contributed by atoms with Crippen LogP contribution in [-0.2, 0) is 0 Å². The molecule has 0 bridgehead atoms. The van der Waals surface area contributed by atoms with E-state index < -0.39 is 0 Å². The van der Waals surface area contributed by atoms with Gasteiger partial charge in [-0.05, 0) is 89.5 Å². The van der Waals surface area contributed by atoms with Crippen molar-refractivity contribution in [1.29, 1.82) is 0 Å². The first-order valence-electron chi connectivity index (χ1n) is 13.5. The molecule has 6 aromatic carbocycles. The van der Waals surface area contributed by atoms with Gasteiger partial charge in [-0.25, -0.2) is 4.98 Å². The lowest BCUT2D eigenvalue weighted by Gasteiger charge is -2.10. The van der Waals surface area contributed by atoms with E-state index in [-0.39, 0.29) is 0 Å². The van der Waals surface area contributed by atoms with Crippen molar-refractivity contribution in [3.05, 3.63) is 121 Å². The maximum atomic E-state index is 6.34. The number of aromatic nitrogens is 2. The Morgan fingerprint density at radius 2 is 1.23 bits per heavy atom. The lowest BCUT2D eigenvalue weighted by molar-refractivity contribution is 0.633. The molecule has 9 aromatic rings. The second-order valence-electron chi connectivity index (χ2n) is 10.5. The van der Waals surface area contributed by atoms with E-state index in [0.29, 0.717) is 0 Å². The smallest absolute Gasteiger partial charge is 0.178 e. The quantitative estimate of drug-likeness (QED) is 0.231. The Labute approximate surface area is 228 Å². The Hall–Kier alpha value is -5.35. The Morgan fingerprint density at radius 3 is 2.12 bits per heavy atom. The minimum Gasteiger partial charge on any atom is -0.452 e. The first-order valence-corrected chi connectivity index (χ1v) is 13.5. The average Bonchev–Trinajstić information content (AvgIpc) is 3.66.